The molecule has 0 fully saturated rings. The lowest BCUT2D eigenvalue weighted by Gasteiger charge is -2.02. The normalized spacial score (nSPS) is 10.6. The van der Waals surface area contributed by atoms with E-state index in [0.29, 0.717) is 13.1 Å². The molecule has 0 aliphatic heterocycles. The van der Waals surface area contributed by atoms with Crippen molar-refractivity contribution in [3.63, 3.8) is 0 Å². The molecule has 0 aliphatic carbocycles. The van der Waals surface area contributed by atoms with Crippen LogP contribution < -0.4 is 10.6 Å². The van der Waals surface area contributed by atoms with E-state index in [2.05, 4.69) is 20.9 Å². The van der Waals surface area contributed by atoms with Crippen molar-refractivity contribution in [1.29, 1.82) is 0 Å². The summed E-state index contributed by atoms with van der Waals surface area (Å²) < 4.78 is 1.55. The highest BCUT2D eigenvalue weighted by Gasteiger charge is 2.06. The Balaban J connectivity index is 1.76. The summed E-state index contributed by atoms with van der Waals surface area (Å²) >= 11 is 1.63. The van der Waals surface area contributed by atoms with Crippen molar-refractivity contribution >= 4 is 17.2 Å². The second-order valence-corrected chi connectivity index (χ2v) is 5.08. The smallest absolute Gasteiger partial charge is 0.242 e. The van der Waals surface area contributed by atoms with Crippen molar-refractivity contribution in [3.05, 3.63) is 34.3 Å². The predicted octanol–water partition coefficient (Wildman–Crippen LogP) is 0.765. The molecule has 0 saturated carbocycles. The van der Waals surface area contributed by atoms with Gasteiger partial charge in [0.25, 0.3) is 0 Å². The van der Waals surface area contributed by atoms with Crippen LogP contribution in [0, 0.1) is 0 Å². The van der Waals surface area contributed by atoms with Gasteiger partial charge in [0, 0.05) is 11.4 Å². The number of carbonyl (C=O) groups excluding carboxylic acids is 1. The lowest BCUT2D eigenvalue weighted by atomic mass is 10.4. The molecule has 19 heavy (non-hydrogen) atoms. The molecule has 0 atom stereocenters. The highest BCUT2D eigenvalue weighted by Crippen LogP contribution is 2.07. The number of hydrogen-bond acceptors (Lipinski definition) is 5. The van der Waals surface area contributed by atoms with E-state index in [-0.39, 0.29) is 12.5 Å². The first-order valence-corrected chi connectivity index (χ1v) is 7.04. The van der Waals surface area contributed by atoms with Gasteiger partial charge in [0.2, 0.25) is 5.91 Å². The van der Waals surface area contributed by atoms with Crippen LogP contribution in [0.25, 0.3) is 0 Å². The number of nitrogens with zero attached hydrogens (tertiary/aromatic N) is 3. The van der Waals surface area contributed by atoms with Gasteiger partial charge < -0.3 is 10.6 Å². The average Bonchev–Trinajstić information content (AvgIpc) is 3.05. The first-order chi connectivity index (χ1) is 9.28. The number of aromatic nitrogens is 3. The first-order valence-electron chi connectivity index (χ1n) is 6.16. The maximum Gasteiger partial charge on any atom is 0.242 e. The monoisotopic (exact) mass is 279 g/mol. The number of thiophene rings is 1. The lowest BCUT2D eigenvalue weighted by Crippen LogP contribution is -2.27. The molecule has 0 bridgehead atoms. The molecule has 0 aromatic carbocycles. The van der Waals surface area contributed by atoms with Gasteiger partial charge in [-0.3, -0.25) is 4.79 Å². The largest absolute Gasteiger partial charge is 0.350 e. The maximum atomic E-state index is 11.7. The highest BCUT2D eigenvalue weighted by atomic mass is 32.1. The molecule has 0 spiro atoms. The van der Waals surface area contributed by atoms with Gasteiger partial charge in [-0.2, -0.15) is 0 Å². The molecule has 2 heterocycles. The summed E-state index contributed by atoms with van der Waals surface area (Å²) in [7, 11) is 0. The van der Waals surface area contributed by atoms with Gasteiger partial charge in [0.15, 0.2) is 0 Å². The molecule has 102 valence electrons. The van der Waals surface area contributed by atoms with Crippen molar-refractivity contribution < 1.29 is 4.79 Å². The number of rotatable bonds is 7. The summed E-state index contributed by atoms with van der Waals surface area (Å²) in [6, 6.07) is 3.96. The summed E-state index contributed by atoms with van der Waals surface area (Å²) in [5, 5.41) is 15.9. The van der Waals surface area contributed by atoms with Crippen LogP contribution in [0.5, 0.6) is 0 Å². The van der Waals surface area contributed by atoms with Gasteiger partial charge in [-0.25, -0.2) is 4.68 Å². The van der Waals surface area contributed by atoms with E-state index in [1.807, 2.05) is 24.4 Å². The Labute approximate surface area is 115 Å². The van der Waals surface area contributed by atoms with Crippen molar-refractivity contribution in [2.24, 2.45) is 0 Å². The molecule has 1 amide bonds. The van der Waals surface area contributed by atoms with Gasteiger partial charge in [0.05, 0.1) is 18.4 Å². The van der Waals surface area contributed by atoms with E-state index >= 15 is 0 Å². The minimum Gasteiger partial charge on any atom is -0.350 e. The Hall–Kier alpha value is -1.73. The average molecular weight is 279 g/mol. The Kier molecular flexibility index (Phi) is 5.05. The fourth-order valence-corrected chi connectivity index (χ4v) is 2.20. The van der Waals surface area contributed by atoms with E-state index in [1.165, 1.54) is 0 Å². The molecule has 6 nitrogen and oxygen atoms in total. The van der Waals surface area contributed by atoms with E-state index in [0.717, 1.165) is 17.1 Å². The summed E-state index contributed by atoms with van der Waals surface area (Å²) in [5.74, 6) is -0.0618. The molecule has 0 radical (unpaired) electrons. The van der Waals surface area contributed by atoms with Crippen LogP contribution in [0.3, 0.4) is 0 Å². The van der Waals surface area contributed by atoms with E-state index in [9.17, 15) is 4.79 Å². The van der Waals surface area contributed by atoms with Crippen LogP contribution in [0.15, 0.2) is 23.7 Å². The topological polar surface area (TPSA) is 71.8 Å². The van der Waals surface area contributed by atoms with E-state index in [1.54, 1.807) is 22.2 Å². The predicted molar refractivity (Wildman–Crippen MR) is 73.6 cm³/mol. The second kappa shape index (κ2) is 7.01. The van der Waals surface area contributed by atoms with Crippen LogP contribution in [0.2, 0.25) is 0 Å². The minimum absolute atomic E-state index is 0.0618. The molecule has 0 unspecified atom stereocenters. The summed E-state index contributed by atoms with van der Waals surface area (Å²) in [4.78, 5) is 12.9. The van der Waals surface area contributed by atoms with Gasteiger partial charge in [-0.15, -0.1) is 16.4 Å². The van der Waals surface area contributed by atoms with Crippen LogP contribution in [0.1, 0.15) is 17.5 Å². The van der Waals surface area contributed by atoms with Crippen molar-refractivity contribution in [2.75, 3.05) is 6.54 Å². The number of carbonyl (C=O) groups is 1. The Morgan fingerprint density at radius 1 is 1.47 bits per heavy atom. The number of amides is 1. The number of nitrogens with one attached hydrogen (secondary N) is 2. The maximum absolute atomic E-state index is 11.7. The summed E-state index contributed by atoms with van der Waals surface area (Å²) in [6.45, 7) is 4.35. The molecule has 2 N–H and O–H groups in total. The van der Waals surface area contributed by atoms with Gasteiger partial charge in [-0.1, -0.05) is 18.2 Å². The molecule has 7 heteroatoms. The lowest BCUT2D eigenvalue weighted by molar-refractivity contribution is -0.122. The van der Waals surface area contributed by atoms with Crippen LogP contribution in [0.4, 0.5) is 0 Å². The van der Waals surface area contributed by atoms with Crippen LogP contribution >= 0.6 is 11.3 Å². The van der Waals surface area contributed by atoms with Crippen molar-refractivity contribution in [1.82, 2.24) is 25.6 Å². The fraction of sp³-hybridized carbons (Fsp3) is 0.417. The molecular formula is C12H17N5OS. The molecule has 2 aromatic heterocycles. The van der Waals surface area contributed by atoms with Crippen molar-refractivity contribution in [2.45, 2.75) is 26.6 Å². The molecule has 2 aromatic rings. The zero-order chi connectivity index (χ0) is 13.5. The zero-order valence-electron chi connectivity index (χ0n) is 10.8. The standard InChI is InChI=1S/C12H17N5OS/c1-2-13-6-10-8-17(16-15-10)9-12(18)14-7-11-4-3-5-19-11/h3-5,8,13H,2,6-7,9H2,1H3,(H,14,18). The quantitative estimate of drug-likeness (QED) is 0.785. The Morgan fingerprint density at radius 3 is 3.11 bits per heavy atom. The molecule has 0 aliphatic rings. The summed E-state index contributed by atoms with van der Waals surface area (Å²) in [5.41, 5.74) is 0.841. The number of hydrogen-bond donors (Lipinski definition) is 2. The van der Waals surface area contributed by atoms with E-state index in [4.69, 9.17) is 0 Å². The highest BCUT2D eigenvalue weighted by molar-refractivity contribution is 7.09. The van der Waals surface area contributed by atoms with Gasteiger partial charge in [-0.05, 0) is 18.0 Å². The Morgan fingerprint density at radius 2 is 2.37 bits per heavy atom. The summed E-state index contributed by atoms with van der Waals surface area (Å²) in [6.07, 6.45) is 1.79. The first kappa shape index (κ1) is 13.7. The third kappa shape index (κ3) is 4.46. The zero-order valence-corrected chi connectivity index (χ0v) is 11.6. The van der Waals surface area contributed by atoms with Crippen LogP contribution in [-0.4, -0.2) is 27.4 Å². The fourth-order valence-electron chi connectivity index (χ4n) is 1.55. The van der Waals surface area contributed by atoms with E-state index < -0.39 is 0 Å². The molecule has 2 rings (SSSR count). The van der Waals surface area contributed by atoms with Crippen LogP contribution in [-0.2, 0) is 24.4 Å². The molecule has 0 saturated heterocycles. The Bertz CT molecular complexity index is 508. The second-order valence-electron chi connectivity index (χ2n) is 4.04. The SMILES string of the molecule is CCNCc1cn(CC(=O)NCc2cccs2)nn1. The third-order valence-corrected chi connectivity index (χ3v) is 3.36. The van der Waals surface area contributed by atoms with Crippen molar-refractivity contribution in [3.8, 4) is 0 Å². The third-order valence-electron chi connectivity index (χ3n) is 2.49. The van der Waals surface area contributed by atoms with Gasteiger partial charge in [0.1, 0.15) is 6.54 Å². The molecular weight excluding hydrogens is 262 g/mol. The minimum atomic E-state index is -0.0618. The van der Waals surface area contributed by atoms with Gasteiger partial charge >= 0.3 is 0 Å².